The summed E-state index contributed by atoms with van der Waals surface area (Å²) in [4.78, 5) is 12.8. The van der Waals surface area contributed by atoms with Gasteiger partial charge in [0.1, 0.15) is 0 Å². The number of carbonyl (C=O) groups is 1. The van der Waals surface area contributed by atoms with Crippen molar-refractivity contribution < 1.29 is 9.53 Å². The summed E-state index contributed by atoms with van der Waals surface area (Å²) in [6.07, 6.45) is 3.14. The smallest absolute Gasteiger partial charge is 0.330 e. The number of carbonyl (C=O) groups excluding carboxylic acids is 1. The Morgan fingerprint density at radius 1 is 1.62 bits per heavy atom. The van der Waals surface area contributed by atoms with Gasteiger partial charge in [0.05, 0.1) is 6.61 Å². The van der Waals surface area contributed by atoms with Crippen LogP contribution in [0.25, 0.3) is 0 Å². The molecule has 76 valence electrons. The molecule has 0 aromatic carbocycles. The quantitative estimate of drug-likeness (QED) is 0.463. The maximum absolute atomic E-state index is 10.7. The first-order valence-electron chi connectivity index (χ1n) is 4.57. The summed E-state index contributed by atoms with van der Waals surface area (Å²) >= 11 is 0. The fourth-order valence-corrected chi connectivity index (χ4v) is 1.18. The zero-order valence-electron chi connectivity index (χ0n) is 8.75. The first-order valence-corrected chi connectivity index (χ1v) is 4.57. The van der Waals surface area contributed by atoms with Gasteiger partial charge in [-0.25, -0.2) is 4.79 Å². The fraction of sp³-hybridized carbons (Fsp3) is 0.700. The van der Waals surface area contributed by atoms with E-state index in [4.69, 9.17) is 4.74 Å². The average Bonchev–Trinajstić information content (AvgIpc) is 2.11. The van der Waals surface area contributed by atoms with Crippen LogP contribution in [0.1, 0.15) is 19.8 Å². The summed E-state index contributed by atoms with van der Waals surface area (Å²) in [5.74, 6) is -0.339. The first kappa shape index (κ1) is 12.2. The van der Waals surface area contributed by atoms with E-state index >= 15 is 0 Å². The van der Waals surface area contributed by atoms with E-state index in [0.717, 1.165) is 12.8 Å². The van der Waals surface area contributed by atoms with Crippen molar-refractivity contribution >= 4 is 5.97 Å². The molecule has 3 nitrogen and oxygen atoms in total. The maximum atomic E-state index is 10.7. The molecule has 3 heteroatoms. The molecule has 0 aromatic heterocycles. The number of hydrogen-bond donors (Lipinski definition) is 0. The van der Waals surface area contributed by atoms with E-state index in [2.05, 4.69) is 18.4 Å². The summed E-state index contributed by atoms with van der Waals surface area (Å²) in [7, 11) is 4.06. The van der Waals surface area contributed by atoms with E-state index in [9.17, 15) is 4.79 Å². The molecular weight excluding hydrogens is 166 g/mol. The summed E-state index contributed by atoms with van der Waals surface area (Å²) in [6, 6.07) is 0.484. The molecular formula is C10H19NO2. The van der Waals surface area contributed by atoms with E-state index in [1.807, 2.05) is 14.1 Å². The molecule has 0 aliphatic rings. The number of esters is 1. The Labute approximate surface area is 80.4 Å². The van der Waals surface area contributed by atoms with Gasteiger partial charge in [-0.3, -0.25) is 0 Å². The summed E-state index contributed by atoms with van der Waals surface area (Å²) in [5, 5.41) is 0. The van der Waals surface area contributed by atoms with Gasteiger partial charge in [-0.1, -0.05) is 13.5 Å². The van der Waals surface area contributed by atoms with E-state index in [1.54, 1.807) is 0 Å². The molecule has 0 heterocycles. The lowest BCUT2D eigenvalue weighted by molar-refractivity contribution is -0.138. The highest BCUT2D eigenvalue weighted by molar-refractivity contribution is 5.81. The minimum Gasteiger partial charge on any atom is -0.462 e. The van der Waals surface area contributed by atoms with Crippen LogP contribution in [0.4, 0.5) is 0 Å². The van der Waals surface area contributed by atoms with Crippen molar-refractivity contribution in [3.63, 3.8) is 0 Å². The molecule has 0 fully saturated rings. The monoisotopic (exact) mass is 185 g/mol. The van der Waals surface area contributed by atoms with E-state index in [0.29, 0.717) is 12.6 Å². The fourth-order valence-electron chi connectivity index (χ4n) is 1.18. The van der Waals surface area contributed by atoms with Crippen LogP contribution in [0, 0.1) is 0 Å². The number of ether oxygens (including phenoxy) is 1. The molecule has 0 saturated carbocycles. The van der Waals surface area contributed by atoms with E-state index in [1.165, 1.54) is 6.08 Å². The zero-order chi connectivity index (χ0) is 10.3. The van der Waals surface area contributed by atoms with Crippen LogP contribution in [-0.2, 0) is 9.53 Å². The Kier molecular flexibility index (Phi) is 6.24. The van der Waals surface area contributed by atoms with Crippen LogP contribution in [0.2, 0.25) is 0 Å². The molecule has 0 rings (SSSR count). The highest BCUT2D eigenvalue weighted by Crippen LogP contribution is 2.04. The van der Waals surface area contributed by atoms with Crippen molar-refractivity contribution in [1.29, 1.82) is 0 Å². The largest absolute Gasteiger partial charge is 0.462 e. The SMILES string of the molecule is C=CC(=O)OCCC(CC)N(C)C. The predicted octanol–water partition coefficient (Wildman–Crippen LogP) is 1.45. The highest BCUT2D eigenvalue weighted by Gasteiger charge is 2.08. The summed E-state index contributed by atoms with van der Waals surface area (Å²) in [5.41, 5.74) is 0. The second kappa shape index (κ2) is 6.66. The van der Waals surface area contributed by atoms with Crippen LogP contribution in [0.5, 0.6) is 0 Å². The molecule has 0 aromatic rings. The summed E-state index contributed by atoms with van der Waals surface area (Å²) < 4.78 is 4.89. The molecule has 1 unspecified atom stereocenters. The third-order valence-corrected chi connectivity index (χ3v) is 2.06. The number of rotatable bonds is 6. The minimum absolute atomic E-state index is 0.339. The first-order chi connectivity index (χ1) is 6.11. The Hall–Kier alpha value is -0.830. The van der Waals surface area contributed by atoms with Gasteiger partial charge in [0, 0.05) is 12.1 Å². The average molecular weight is 185 g/mol. The topological polar surface area (TPSA) is 29.5 Å². The van der Waals surface area contributed by atoms with Crippen molar-refractivity contribution in [2.75, 3.05) is 20.7 Å². The second-order valence-electron chi connectivity index (χ2n) is 3.19. The molecule has 0 bridgehead atoms. The van der Waals surface area contributed by atoms with Crippen molar-refractivity contribution in [1.82, 2.24) is 4.90 Å². The lowest BCUT2D eigenvalue weighted by Crippen LogP contribution is -2.28. The van der Waals surface area contributed by atoms with Crippen molar-refractivity contribution in [2.24, 2.45) is 0 Å². The van der Waals surface area contributed by atoms with Gasteiger partial charge in [-0.15, -0.1) is 0 Å². The summed E-state index contributed by atoms with van der Waals surface area (Å²) in [6.45, 7) is 5.93. The molecule has 0 saturated heterocycles. The molecule has 13 heavy (non-hydrogen) atoms. The van der Waals surface area contributed by atoms with Gasteiger partial charge >= 0.3 is 5.97 Å². The predicted molar refractivity (Wildman–Crippen MR) is 53.5 cm³/mol. The lowest BCUT2D eigenvalue weighted by Gasteiger charge is -2.22. The highest BCUT2D eigenvalue weighted by atomic mass is 16.5. The Morgan fingerprint density at radius 2 is 2.23 bits per heavy atom. The van der Waals surface area contributed by atoms with Gasteiger partial charge in [-0.2, -0.15) is 0 Å². The van der Waals surface area contributed by atoms with Crippen molar-refractivity contribution in [3.8, 4) is 0 Å². The Morgan fingerprint density at radius 3 is 2.62 bits per heavy atom. The second-order valence-corrected chi connectivity index (χ2v) is 3.19. The zero-order valence-corrected chi connectivity index (χ0v) is 8.75. The minimum atomic E-state index is -0.339. The van der Waals surface area contributed by atoms with Gasteiger partial charge in [0.2, 0.25) is 0 Å². The number of nitrogens with zero attached hydrogens (tertiary/aromatic N) is 1. The molecule has 1 atom stereocenters. The van der Waals surface area contributed by atoms with Crippen molar-refractivity contribution in [3.05, 3.63) is 12.7 Å². The molecule has 0 radical (unpaired) electrons. The van der Waals surface area contributed by atoms with Gasteiger partial charge < -0.3 is 9.64 Å². The maximum Gasteiger partial charge on any atom is 0.330 e. The number of hydrogen-bond acceptors (Lipinski definition) is 3. The van der Waals surface area contributed by atoms with Gasteiger partial charge in [0.15, 0.2) is 0 Å². The normalized spacial score (nSPS) is 12.6. The van der Waals surface area contributed by atoms with Gasteiger partial charge in [-0.05, 0) is 26.9 Å². The van der Waals surface area contributed by atoms with Crippen LogP contribution in [-0.4, -0.2) is 37.6 Å². The van der Waals surface area contributed by atoms with E-state index < -0.39 is 0 Å². The Bertz CT molecular complexity index is 166. The van der Waals surface area contributed by atoms with Crippen LogP contribution < -0.4 is 0 Å². The third kappa shape index (κ3) is 5.42. The molecule has 0 aliphatic heterocycles. The van der Waals surface area contributed by atoms with Gasteiger partial charge in [0.25, 0.3) is 0 Å². The lowest BCUT2D eigenvalue weighted by atomic mass is 10.1. The Balaban J connectivity index is 3.61. The molecule has 0 N–H and O–H groups in total. The van der Waals surface area contributed by atoms with Crippen LogP contribution in [0.3, 0.4) is 0 Å². The van der Waals surface area contributed by atoms with Crippen molar-refractivity contribution in [2.45, 2.75) is 25.8 Å². The van der Waals surface area contributed by atoms with E-state index in [-0.39, 0.29) is 5.97 Å². The molecule has 0 amide bonds. The third-order valence-electron chi connectivity index (χ3n) is 2.06. The molecule has 0 spiro atoms. The standard InChI is InChI=1S/C10H19NO2/c1-5-9(11(3)4)7-8-13-10(12)6-2/h6,9H,2,5,7-8H2,1,3-4H3. The molecule has 0 aliphatic carbocycles. The van der Waals surface area contributed by atoms with Crippen LogP contribution >= 0.6 is 0 Å². The van der Waals surface area contributed by atoms with Crippen LogP contribution in [0.15, 0.2) is 12.7 Å².